The molecule has 0 fully saturated rings. The van der Waals surface area contributed by atoms with Gasteiger partial charge >= 0.3 is 18.1 Å². The summed E-state index contributed by atoms with van der Waals surface area (Å²) in [5.74, 6) is -9.50. The maximum atomic E-state index is 12.5. The number of hydrogen-bond acceptors (Lipinski definition) is 2. The molecule has 0 aliphatic carbocycles. The van der Waals surface area contributed by atoms with E-state index in [-0.39, 0.29) is 6.42 Å². The van der Waals surface area contributed by atoms with Gasteiger partial charge in [0, 0.05) is 6.54 Å². The summed E-state index contributed by atoms with van der Waals surface area (Å²) in [7, 11) is 0. The Kier molecular flexibility index (Phi) is 4.67. The Balaban J connectivity index is 4.76. The molecule has 4 nitrogen and oxygen atoms in total. The number of carboxylic acids is 1. The highest BCUT2D eigenvalue weighted by Gasteiger charge is 2.63. The summed E-state index contributed by atoms with van der Waals surface area (Å²) in [6.07, 6.45) is -6.05. The Morgan fingerprint density at radius 2 is 1.61 bits per heavy atom. The van der Waals surface area contributed by atoms with Crippen molar-refractivity contribution in [2.75, 3.05) is 6.54 Å². The molecule has 1 atom stereocenters. The summed E-state index contributed by atoms with van der Waals surface area (Å²) in [5.41, 5.74) is -1.60. The molecule has 0 aliphatic rings. The summed E-state index contributed by atoms with van der Waals surface area (Å²) < 4.78 is 60.5. The fourth-order valence-corrected chi connectivity index (χ4v) is 0.867. The van der Waals surface area contributed by atoms with E-state index < -0.39 is 35.9 Å². The molecule has 0 bridgehead atoms. The fourth-order valence-electron chi connectivity index (χ4n) is 0.867. The van der Waals surface area contributed by atoms with Crippen molar-refractivity contribution < 1.29 is 36.6 Å². The SMILES string of the molecule is CCC(C)(CNC(=O)C(F)(F)C(F)(F)F)C(=O)O. The molecule has 1 amide bonds. The highest BCUT2D eigenvalue weighted by Crippen LogP contribution is 2.35. The quantitative estimate of drug-likeness (QED) is 0.753. The first-order valence-corrected chi connectivity index (χ1v) is 4.84. The van der Waals surface area contributed by atoms with Gasteiger partial charge in [-0.3, -0.25) is 9.59 Å². The minimum atomic E-state index is -6.01. The number of rotatable bonds is 5. The van der Waals surface area contributed by atoms with Crippen LogP contribution in [0.15, 0.2) is 0 Å². The van der Waals surface area contributed by atoms with Gasteiger partial charge in [0.2, 0.25) is 0 Å². The van der Waals surface area contributed by atoms with E-state index in [1.165, 1.54) is 12.2 Å². The van der Waals surface area contributed by atoms with E-state index in [1.54, 1.807) is 0 Å². The van der Waals surface area contributed by atoms with E-state index in [1.807, 2.05) is 0 Å². The maximum Gasteiger partial charge on any atom is 0.463 e. The van der Waals surface area contributed by atoms with E-state index in [0.717, 1.165) is 6.92 Å². The molecule has 0 spiro atoms. The molecule has 0 aliphatic heterocycles. The molecular weight excluding hydrogens is 265 g/mol. The van der Waals surface area contributed by atoms with Crippen molar-refractivity contribution in [3.8, 4) is 0 Å². The molecule has 0 aromatic heterocycles. The lowest BCUT2D eigenvalue weighted by atomic mass is 9.87. The number of carbonyl (C=O) groups excluding carboxylic acids is 1. The molecule has 1 unspecified atom stereocenters. The Labute approximate surface area is 99.2 Å². The van der Waals surface area contributed by atoms with Crippen molar-refractivity contribution in [3.05, 3.63) is 0 Å². The predicted octanol–water partition coefficient (Wildman–Crippen LogP) is 1.80. The number of aliphatic carboxylic acids is 1. The van der Waals surface area contributed by atoms with E-state index >= 15 is 0 Å². The number of alkyl halides is 5. The number of carbonyl (C=O) groups is 2. The molecule has 9 heteroatoms. The van der Waals surface area contributed by atoms with Crippen LogP contribution in [0.4, 0.5) is 22.0 Å². The third-order valence-electron chi connectivity index (χ3n) is 2.58. The van der Waals surface area contributed by atoms with Gasteiger partial charge in [0.15, 0.2) is 0 Å². The van der Waals surface area contributed by atoms with Crippen LogP contribution in [0.2, 0.25) is 0 Å². The summed E-state index contributed by atoms with van der Waals surface area (Å²) in [6.45, 7) is 1.72. The molecule has 18 heavy (non-hydrogen) atoms. The minimum Gasteiger partial charge on any atom is -0.481 e. The molecule has 2 N–H and O–H groups in total. The second-order valence-electron chi connectivity index (χ2n) is 3.97. The molecular formula is C9H12F5NO3. The van der Waals surface area contributed by atoms with Gasteiger partial charge < -0.3 is 10.4 Å². The van der Waals surface area contributed by atoms with E-state index in [4.69, 9.17) is 5.11 Å². The number of amides is 1. The standard InChI is InChI=1S/C9H12F5NO3/c1-3-7(2,6(17)18)4-15-5(16)8(10,11)9(12,13)14/h3-4H2,1-2H3,(H,15,16)(H,17,18). The molecule has 106 valence electrons. The van der Waals surface area contributed by atoms with Crippen molar-refractivity contribution in [3.63, 3.8) is 0 Å². The van der Waals surface area contributed by atoms with Crippen LogP contribution in [0.3, 0.4) is 0 Å². The first kappa shape index (κ1) is 16.6. The normalized spacial score (nSPS) is 15.9. The van der Waals surface area contributed by atoms with Crippen LogP contribution in [0.25, 0.3) is 0 Å². The predicted molar refractivity (Wildman–Crippen MR) is 50.0 cm³/mol. The molecule has 0 saturated carbocycles. The summed E-state index contributed by atoms with van der Waals surface area (Å²) in [5, 5.41) is 10.1. The maximum absolute atomic E-state index is 12.5. The fraction of sp³-hybridized carbons (Fsp3) is 0.778. The lowest BCUT2D eigenvalue weighted by Gasteiger charge is -2.25. The lowest BCUT2D eigenvalue weighted by Crippen LogP contribution is -2.53. The number of halogens is 5. The van der Waals surface area contributed by atoms with Crippen LogP contribution in [-0.2, 0) is 9.59 Å². The Morgan fingerprint density at radius 3 is 1.89 bits per heavy atom. The molecule has 0 heterocycles. The van der Waals surface area contributed by atoms with Crippen LogP contribution < -0.4 is 5.32 Å². The third kappa shape index (κ3) is 3.30. The minimum absolute atomic E-state index is 0.0415. The smallest absolute Gasteiger partial charge is 0.463 e. The Bertz CT molecular complexity index is 342. The Hall–Kier alpha value is -1.41. The van der Waals surface area contributed by atoms with Gasteiger partial charge in [-0.1, -0.05) is 6.92 Å². The average Bonchev–Trinajstić information content (AvgIpc) is 2.23. The summed E-state index contributed by atoms with van der Waals surface area (Å²) >= 11 is 0. The monoisotopic (exact) mass is 277 g/mol. The highest BCUT2D eigenvalue weighted by atomic mass is 19.4. The second kappa shape index (κ2) is 5.07. The number of carboxylic acid groups (broad SMARTS) is 1. The zero-order chi connectivity index (χ0) is 14.8. The van der Waals surface area contributed by atoms with Gasteiger partial charge in [0.25, 0.3) is 5.91 Å². The first-order chi connectivity index (χ1) is 7.88. The van der Waals surface area contributed by atoms with Gasteiger partial charge in [0.05, 0.1) is 5.41 Å². The van der Waals surface area contributed by atoms with Gasteiger partial charge in [-0.25, -0.2) is 0 Å². The largest absolute Gasteiger partial charge is 0.481 e. The first-order valence-electron chi connectivity index (χ1n) is 4.84. The third-order valence-corrected chi connectivity index (χ3v) is 2.58. The highest BCUT2D eigenvalue weighted by molar-refractivity contribution is 5.85. The number of nitrogens with one attached hydrogen (secondary N) is 1. The van der Waals surface area contributed by atoms with Crippen molar-refractivity contribution in [1.82, 2.24) is 5.32 Å². The summed E-state index contributed by atoms with van der Waals surface area (Å²) in [6, 6.07) is 0. The van der Waals surface area contributed by atoms with E-state index in [2.05, 4.69) is 0 Å². The average molecular weight is 277 g/mol. The van der Waals surface area contributed by atoms with Crippen molar-refractivity contribution in [1.29, 1.82) is 0 Å². The molecule has 0 rings (SSSR count). The van der Waals surface area contributed by atoms with Crippen molar-refractivity contribution in [2.24, 2.45) is 5.41 Å². The molecule has 0 radical (unpaired) electrons. The molecule has 0 aromatic rings. The van der Waals surface area contributed by atoms with Gasteiger partial charge in [-0.2, -0.15) is 22.0 Å². The van der Waals surface area contributed by atoms with Crippen LogP contribution in [0.1, 0.15) is 20.3 Å². The van der Waals surface area contributed by atoms with Crippen LogP contribution in [0, 0.1) is 5.41 Å². The zero-order valence-corrected chi connectivity index (χ0v) is 9.57. The van der Waals surface area contributed by atoms with Crippen molar-refractivity contribution >= 4 is 11.9 Å². The van der Waals surface area contributed by atoms with Gasteiger partial charge in [-0.15, -0.1) is 0 Å². The van der Waals surface area contributed by atoms with Gasteiger partial charge in [-0.05, 0) is 13.3 Å². The van der Waals surface area contributed by atoms with E-state index in [0.29, 0.717) is 0 Å². The summed E-state index contributed by atoms with van der Waals surface area (Å²) in [4.78, 5) is 21.5. The lowest BCUT2D eigenvalue weighted by molar-refractivity contribution is -0.269. The molecule has 0 saturated heterocycles. The molecule has 0 aromatic carbocycles. The van der Waals surface area contributed by atoms with E-state index in [9.17, 15) is 31.5 Å². The van der Waals surface area contributed by atoms with Crippen LogP contribution >= 0.6 is 0 Å². The number of hydrogen-bond donors (Lipinski definition) is 2. The van der Waals surface area contributed by atoms with Crippen LogP contribution in [0.5, 0.6) is 0 Å². The zero-order valence-electron chi connectivity index (χ0n) is 9.57. The Morgan fingerprint density at radius 1 is 1.17 bits per heavy atom. The van der Waals surface area contributed by atoms with Gasteiger partial charge in [0.1, 0.15) is 0 Å². The van der Waals surface area contributed by atoms with Crippen molar-refractivity contribution in [2.45, 2.75) is 32.4 Å². The topological polar surface area (TPSA) is 66.4 Å². The van der Waals surface area contributed by atoms with Crippen LogP contribution in [-0.4, -0.2) is 35.6 Å². The second-order valence-corrected chi connectivity index (χ2v) is 3.97.